The molecule has 0 spiro atoms. The quantitative estimate of drug-likeness (QED) is 0.771. The monoisotopic (exact) mass is 423 g/mol. The van der Waals surface area contributed by atoms with E-state index in [1.165, 1.54) is 0 Å². The Kier molecular flexibility index (Phi) is 5.39. The molecule has 2 aliphatic heterocycles. The van der Waals surface area contributed by atoms with Crippen molar-refractivity contribution in [1.82, 2.24) is 19.9 Å². The SMILES string of the molecule is CC1CN(c2cc(-c3cnc(N)nc3C(F)(F)F)nc(N3CCC(CO)CC3)n2)C1. The Balaban J connectivity index is 1.76. The minimum atomic E-state index is -4.69. The molecule has 0 bridgehead atoms. The summed E-state index contributed by atoms with van der Waals surface area (Å²) in [4.78, 5) is 20.2. The molecule has 0 unspecified atom stereocenters. The Morgan fingerprint density at radius 3 is 2.43 bits per heavy atom. The number of hydrogen-bond donors (Lipinski definition) is 2. The molecule has 162 valence electrons. The molecule has 2 aromatic rings. The van der Waals surface area contributed by atoms with Gasteiger partial charge in [-0.2, -0.15) is 18.2 Å². The van der Waals surface area contributed by atoms with Crippen LogP contribution < -0.4 is 15.5 Å². The largest absolute Gasteiger partial charge is 0.434 e. The van der Waals surface area contributed by atoms with Gasteiger partial charge < -0.3 is 20.6 Å². The number of nitrogens with two attached hydrogens (primary N) is 1. The first-order chi connectivity index (χ1) is 14.2. The second-order valence-corrected chi connectivity index (χ2v) is 8.02. The van der Waals surface area contributed by atoms with Crippen molar-refractivity contribution in [2.45, 2.75) is 25.9 Å². The van der Waals surface area contributed by atoms with Crippen molar-refractivity contribution in [3.63, 3.8) is 0 Å². The third-order valence-corrected chi connectivity index (χ3v) is 5.60. The number of alkyl halides is 3. The van der Waals surface area contributed by atoms with E-state index in [-0.39, 0.29) is 23.8 Å². The number of nitrogen functional groups attached to an aromatic ring is 1. The molecular formula is C19H24F3N7O. The van der Waals surface area contributed by atoms with E-state index in [1.807, 2.05) is 9.80 Å². The molecule has 11 heteroatoms. The maximum absolute atomic E-state index is 13.6. The number of anilines is 3. The summed E-state index contributed by atoms with van der Waals surface area (Å²) in [5.41, 5.74) is 4.19. The molecule has 2 fully saturated rings. The van der Waals surface area contributed by atoms with Crippen molar-refractivity contribution in [3.05, 3.63) is 18.0 Å². The Morgan fingerprint density at radius 2 is 1.83 bits per heavy atom. The zero-order valence-corrected chi connectivity index (χ0v) is 16.6. The van der Waals surface area contributed by atoms with E-state index in [9.17, 15) is 18.3 Å². The van der Waals surface area contributed by atoms with Gasteiger partial charge in [0, 0.05) is 50.6 Å². The van der Waals surface area contributed by atoms with E-state index in [2.05, 4.69) is 26.9 Å². The zero-order chi connectivity index (χ0) is 21.5. The van der Waals surface area contributed by atoms with Gasteiger partial charge in [0.1, 0.15) is 5.82 Å². The molecule has 0 aliphatic carbocycles. The molecule has 0 atom stereocenters. The van der Waals surface area contributed by atoms with Crippen LogP contribution >= 0.6 is 0 Å². The van der Waals surface area contributed by atoms with Crippen LogP contribution in [0.3, 0.4) is 0 Å². The maximum atomic E-state index is 13.6. The summed E-state index contributed by atoms with van der Waals surface area (Å²) < 4.78 is 40.8. The molecule has 0 aromatic carbocycles. The summed E-state index contributed by atoms with van der Waals surface area (Å²) in [6.07, 6.45) is -2.07. The van der Waals surface area contributed by atoms with Gasteiger partial charge in [0.05, 0.1) is 5.69 Å². The van der Waals surface area contributed by atoms with Gasteiger partial charge in [-0.1, -0.05) is 6.92 Å². The van der Waals surface area contributed by atoms with Crippen LogP contribution in [0, 0.1) is 11.8 Å². The number of aromatic nitrogens is 4. The van der Waals surface area contributed by atoms with E-state index in [1.54, 1.807) is 6.07 Å². The van der Waals surface area contributed by atoms with Gasteiger partial charge in [0.15, 0.2) is 5.69 Å². The van der Waals surface area contributed by atoms with Crippen LogP contribution in [0.25, 0.3) is 11.3 Å². The Labute approximate surface area is 172 Å². The highest BCUT2D eigenvalue weighted by Gasteiger charge is 2.37. The average molecular weight is 423 g/mol. The normalized spacial score (nSPS) is 18.6. The highest BCUT2D eigenvalue weighted by Crippen LogP contribution is 2.37. The zero-order valence-electron chi connectivity index (χ0n) is 16.6. The van der Waals surface area contributed by atoms with Crippen molar-refractivity contribution in [3.8, 4) is 11.3 Å². The van der Waals surface area contributed by atoms with Gasteiger partial charge >= 0.3 is 6.18 Å². The van der Waals surface area contributed by atoms with Gasteiger partial charge in [-0.3, -0.25) is 0 Å². The van der Waals surface area contributed by atoms with Crippen molar-refractivity contribution in [1.29, 1.82) is 0 Å². The van der Waals surface area contributed by atoms with Crippen LogP contribution in [0.2, 0.25) is 0 Å². The first-order valence-electron chi connectivity index (χ1n) is 9.94. The molecular weight excluding hydrogens is 399 g/mol. The van der Waals surface area contributed by atoms with E-state index in [0.29, 0.717) is 30.8 Å². The van der Waals surface area contributed by atoms with Gasteiger partial charge in [0.2, 0.25) is 11.9 Å². The summed E-state index contributed by atoms with van der Waals surface area (Å²) >= 11 is 0. The van der Waals surface area contributed by atoms with Crippen LogP contribution in [0.5, 0.6) is 0 Å². The first kappa shape index (κ1) is 20.6. The number of piperidine rings is 1. The number of nitrogens with zero attached hydrogens (tertiary/aromatic N) is 6. The lowest BCUT2D eigenvalue weighted by Crippen LogP contribution is -2.46. The van der Waals surface area contributed by atoms with Crippen LogP contribution in [-0.4, -0.2) is 57.8 Å². The minimum absolute atomic E-state index is 0.117. The summed E-state index contributed by atoms with van der Waals surface area (Å²) in [6, 6.07) is 1.56. The molecule has 2 aliphatic rings. The molecule has 0 radical (unpaired) electrons. The standard InChI is InChI=1S/C19H24F3N7O/c1-11-8-29(9-11)15-6-14(13-7-24-17(23)27-16(13)19(20,21)22)25-18(26-15)28-4-2-12(10-30)3-5-28/h6-7,11-12,30H,2-5,8-10H2,1H3,(H2,23,24,27). The fourth-order valence-electron chi connectivity index (χ4n) is 3.86. The van der Waals surface area contributed by atoms with Crippen molar-refractivity contribution >= 4 is 17.7 Å². The number of hydrogen-bond acceptors (Lipinski definition) is 8. The molecule has 3 N–H and O–H groups in total. The predicted molar refractivity (Wildman–Crippen MR) is 106 cm³/mol. The predicted octanol–water partition coefficient (Wildman–Crippen LogP) is 2.20. The van der Waals surface area contributed by atoms with Crippen LogP contribution in [0.15, 0.2) is 12.3 Å². The summed E-state index contributed by atoms with van der Waals surface area (Å²) in [6.45, 7) is 5.07. The molecule has 2 aromatic heterocycles. The Morgan fingerprint density at radius 1 is 1.13 bits per heavy atom. The molecule has 8 nitrogen and oxygen atoms in total. The van der Waals surface area contributed by atoms with Gasteiger partial charge in [-0.25, -0.2) is 15.0 Å². The molecule has 2 saturated heterocycles. The summed E-state index contributed by atoms with van der Waals surface area (Å²) in [7, 11) is 0. The van der Waals surface area contributed by atoms with Crippen molar-refractivity contribution in [2.75, 3.05) is 48.3 Å². The van der Waals surface area contributed by atoms with E-state index >= 15 is 0 Å². The number of aliphatic hydroxyl groups excluding tert-OH is 1. The first-order valence-corrected chi connectivity index (χ1v) is 9.94. The number of rotatable bonds is 4. The Bertz CT molecular complexity index is 909. The molecule has 0 amide bonds. The topological polar surface area (TPSA) is 104 Å². The lowest BCUT2D eigenvalue weighted by atomic mass is 9.98. The van der Waals surface area contributed by atoms with E-state index in [4.69, 9.17) is 5.73 Å². The molecule has 4 rings (SSSR count). The van der Waals surface area contributed by atoms with E-state index in [0.717, 1.165) is 32.1 Å². The molecule has 30 heavy (non-hydrogen) atoms. The lowest BCUT2D eigenvalue weighted by Gasteiger charge is -2.39. The smallest absolute Gasteiger partial charge is 0.396 e. The number of aliphatic hydroxyl groups is 1. The third-order valence-electron chi connectivity index (χ3n) is 5.60. The third kappa shape index (κ3) is 4.11. The number of halogens is 3. The van der Waals surface area contributed by atoms with Gasteiger partial charge in [-0.05, 0) is 24.7 Å². The highest BCUT2D eigenvalue weighted by atomic mass is 19.4. The average Bonchev–Trinajstić information content (AvgIpc) is 2.70. The summed E-state index contributed by atoms with van der Waals surface area (Å²) in [5, 5.41) is 9.36. The van der Waals surface area contributed by atoms with Crippen LogP contribution in [0.1, 0.15) is 25.5 Å². The second kappa shape index (κ2) is 7.86. The van der Waals surface area contributed by atoms with Gasteiger partial charge in [0.25, 0.3) is 0 Å². The molecule has 0 saturated carbocycles. The van der Waals surface area contributed by atoms with Crippen molar-refractivity contribution in [2.24, 2.45) is 11.8 Å². The lowest BCUT2D eigenvalue weighted by molar-refractivity contribution is -0.140. The fourth-order valence-corrected chi connectivity index (χ4v) is 3.86. The van der Waals surface area contributed by atoms with Crippen molar-refractivity contribution < 1.29 is 18.3 Å². The summed E-state index contributed by atoms with van der Waals surface area (Å²) in [5.74, 6) is 1.24. The molecule has 4 heterocycles. The minimum Gasteiger partial charge on any atom is -0.396 e. The van der Waals surface area contributed by atoms with Crippen LogP contribution in [-0.2, 0) is 6.18 Å². The fraction of sp³-hybridized carbons (Fsp3) is 0.579. The van der Waals surface area contributed by atoms with Gasteiger partial charge in [-0.15, -0.1) is 0 Å². The van der Waals surface area contributed by atoms with Crippen LogP contribution in [0.4, 0.5) is 30.9 Å². The maximum Gasteiger partial charge on any atom is 0.434 e. The second-order valence-electron chi connectivity index (χ2n) is 8.02. The highest BCUT2D eigenvalue weighted by molar-refractivity contribution is 5.68. The van der Waals surface area contributed by atoms with E-state index < -0.39 is 17.8 Å². The Hall–Kier alpha value is -2.69.